The van der Waals surface area contributed by atoms with Crippen LogP contribution < -0.4 is 10.2 Å². The van der Waals surface area contributed by atoms with Crippen molar-refractivity contribution in [2.24, 2.45) is 0 Å². The van der Waals surface area contributed by atoms with E-state index in [0.29, 0.717) is 10.8 Å². The molecule has 5 rings (SSSR count). The van der Waals surface area contributed by atoms with E-state index in [4.69, 9.17) is 12.2 Å². The largest absolute Gasteiger partial charge is 0.506 e. The van der Waals surface area contributed by atoms with Gasteiger partial charge in [0.15, 0.2) is 5.11 Å². The molecule has 5 nitrogen and oxygen atoms in total. The van der Waals surface area contributed by atoms with Gasteiger partial charge in [0.05, 0.1) is 23.5 Å². The summed E-state index contributed by atoms with van der Waals surface area (Å²) in [7, 11) is 0. The number of aromatic hydroxyl groups is 1. The Labute approximate surface area is 205 Å². The SMILES string of the molecule is Cc1cccc(-n2c(C)cc([C@H]3[C@@H](c4ccccn4)NC(=S)N3c3ccccc3O)c2C)c1C. The molecule has 6 heteroatoms. The van der Waals surface area contributed by atoms with Crippen molar-refractivity contribution in [3.05, 3.63) is 107 Å². The van der Waals surface area contributed by atoms with Gasteiger partial charge in [-0.3, -0.25) is 4.98 Å². The maximum absolute atomic E-state index is 10.7. The molecule has 0 unspecified atom stereocenters. The van der Waals surface area contributed by atoms with Crippen molar-refractivity contribution in [2.45, 2.75) is 39.8 Å². The lowest BCUT2D eigenvalue weighted by atomic mass is 9.96. The molecule has 2 N–H and O–H groups in total. The summed E-state index contributed by atoms with van der Waals surface area (Å²) in [6, 6.07) is 21.6. The number of phenolic OH excluding ortho intramolecular Hbond substituents is 1. The van der Waals surface area contributed by atoms with Crippen LogP contribution in [0.15, 0.2) is 72.9 Å². The lowest BCUT2D eigenvalue weighted by Crippen LogP contribution is -2.29. The van der Waals surface area contributed by atoms with Crippen LogP contribution in [0, 0.1) is 27.7 Å². The van der Waals surface area contributed by atoms with Crippen molar-refractivity contribution in [1.82, 2.24) is 14.9 Å². The summed E-state index contributed by atoms with van der Waals surface area (Å²) in [4.78, 5) is 6.67. The number of pyridine rings is 1. The second-order valence-electron chi connectivity index (χ2n) is 8.87. The Morgan fingerprint density at radius 3 is 2.38 bits per heavy atom. The first-order valence-electron chi connectivity index (χ1n) is 11.4. The maximum Gasteiger partial charge on any atom is 0.174 e. The number of thiocarbonyl (C=S) groups is 1. The van der Waals surface area contributed by atoms with Crippen molar-refractivity contribution in [3.63, 3.8) is 0 Å². The van der Waals surface area contributed by atoms with Gasteiger partial charge in [-0.15, -0.1) is 0 Å². The lowest BCUT2D eigenvalue weighted by Gasteiger charge is -2.28. The molecule has 172 valence electrons. The molecular weight excluding hydrogens is 440 g/mol. The van der Waals surface area contributed by atoms with E-state index in [1.54, 1.807) is 12.3 Å². The summed E-state index contributed by atoms with van der Waals surface area (Å²) in [5.41, 5.74) is 8.72. The zero-order valence-corrected chi connectivity index (χ0v) is 20.6. The third-order valence-corrected chi connectivity index (χ3v) is 7.16. The summed E-state index contributed by atoms with van der Waals surface area (Å²) in [5.74, 6) is 0.196. The average molecular weight is 469 g/mol. The molecule has 0 amide bonds. The third kappa shape index (κ3) is 3.55. The predicted molar refractivity (Wildman–Crippen MR) is 141 cm³/mol. The van der Waals surface area contributed by atoms with E-state index in [1.165, 1.54) is 16.8 Å². The zero-order chi connectivity index (χ0) is 24.0. The summed E-state index contributed by atoms with van der Waals surface area (Å²) < 4.78 is 2.32. The highest BCUT2D eigenvalue weighted by molar-refractivity contribution is 7.80. The molecule has 1 aliphatic heterocycles. The van der Waals surface area contributed by atoms with Crippen LogP contribution in [-0.2, 0) is 0 Å². The number of hydrogen-bond acceptors (Lipinski definition) is 3. The number of benzene rings is 2. The summed E-state index contributed by atoms with van der Waals surface area (Å²) >= 11 is 5.82. The first-order chi connectivity index (χ1) is 16.4. The van der Waals surface area contributed by atoms with Gasteiger partial charge in [-0.25, -0.2) is 0 Å². The summed E-state index contributed by atoms with van der Waals surface area (Å²) in [5, 5.41) is 14.8. The quantitative estimate of drug-likeness (QED) is 0.361. The van der Waals surface area contributed by atoms with Crippen LogP contribution in [0.1, 0.15) is 45.9 Å². The van der Waals surface area contributed by atoms with Gasteiger partial charge < -0.3 is 19.9 Å². The highest BCUT2D eigenvalue weighted by atomic mass is 32.1. The molecule has 34 heavy (non-hydrogen) atoms. The Morgan fingerprint density at radius 1 is 0.912 bits per heavy atom. The van der Waals surface area contributed by atoms with E-state index < -0.39 is 0 Å². The smallest absolute Gasteiger partial charge is 0.174 e. The van der Waals surface area contributed by atoms with Crippen LogP contribution in [0.5, 0.6) is 5.75 Å². The van der Waals surface area contributed by atoms with Gasteiger partial charge in [-0.2, -0.15) is 0 Å². The molecule has 1 saturated heterocycles. The van der Waals surface area contributed by atoms with E-state index in [1.807, 2.05) is 41.3 Å². The van der Waals surface area contributed by atoms with Gasteiger partial charge in [0.2, 0.25) is 0 Å². The monoisotopic (exact) mass is 468 g/mol. The number of aromatic nitrogens is 2. The van der Waals surface area contributed by atoms with Gasteiger partial charge in [0.1, 0.15) is 5.75 Å². The van der Waals surface area contributed by atoms with Gasteiger partial charge in [0.25, 0.3) is 0 Å². The second-order valence-corrected chi connectivity index (χ2v) is 9.25. The van der Waals surface area contributed by atoms with Crippen LogP contribution in [-0.4, -0.2) is 19.8 Å². The molecule has 0 spiro atoms. The molecule has 0 bridgehead atoms. The first kappa shape index (κ1) is 22.2. The van der Waals surface area contributed by atoms with Crippen molar-refractivity contribution in [3.8, 4) is 11.4 Å². The Bertz CT molecular complexity index is 1380. The highest BCUT2D eigenvalue weighted by Crippen LogP contribution is 2.45. The minimum Gasteiger partial charge on any atom is -0.506 e. The standard InChI is InChI=1S/C28H28N4OS/c1-17-10-9-13-23(19(17)3)31-18(2)16-21(20(31)4)27-26(22-11-7-8-15-29-22)30-28(34)32(27)24-12-5-6-14-25(24)33/h5-16,26-27,33H,1-4H3,(H,30,34)/t26-,27+/m1/s1. The maximum atomic E-state index is 10.7. The number of para-hydroxylation sites is 2. The molecule has 0 saturated carbocycles. The van der Waals surface area contributed by atoms with Crippen molar-refractivity contribution < 1.29 is 5.11 Å². The number of nitrogens with zero attached hydrogens (tertiary/aromatic N) is 3. The minimum atomic E-state index is -0.180. The third-order valence-electron chi connectivity index (χ3n) is 6.85. The van der Waals surface area contributed by atoms with Gasteiger partial charge in [0, 0.05) is 23.3 Å². The highest BCUT2D eigenvalue weighted by Gasteiger charge is 2.43. The number of nitrogens with one attached hydrogen (secondary N) is 1. The van der Waals surface area contributed by atoms with Crippen LogP contribution in [0.3, 0.4) is 0 Å². The Hall–Kier alpha value is -3.64. The molecule has 4 aromatic rings. The van der Waals surface area contributed by atoms with Crippen molar-refractivity contribution in [2.75, 3.05) is 4.90 Å². The fourth-order valence-corrected chi connectivity index (χ4v) is 5.37. The van der Waals surface area contributed by atoms with Gasteiger partial charge >= 0.3 is 0 Å². The number of aryl methyl sites for hydroxylation is 2. The summed E-state index contributed by atoms with van der Waals surface area (Å²) in [6.07, 6.45) is 1.80. The normalized spacial score (nSPS) is 17.8. The fourth-order valence-electron chi connectivity index (χ4n) is 5.03. The van der Waals surface area contributed by atoms with Crippen LogP contribution >= 0.6 is 12.2 Å². The average Bonchev–Trinajstić information content (AvgIpc) is 3.32. The van der Waals surface area contributed by atoms with E-state index >= 15 is 0 Å². The topological polar surface area (TPSA) is 53.3 Å². The molecule has 2 aromatic carbocycles. The Balaban J connectivity index is 1.72. The Kier molecular flexibility index (Phi) is 5.62. The van der Waals surface area contributed by atoms with Gasteiger partial charge in [-0.05, 0) is 93.0 Å². The van der Waals surface area contributed by atoms with E-state index in [-0.39, 0.29) is 17.8 Å². The summed E-state index contributed by atoms with van der Waals surface area (Å²) in [6.45, 7) is 8.60. The first-order valence-corrected chi connectivity index (χ1v) is 11.8. The van der Waals surface area contributed by atoms with Crippen molar-refractivity contribution in [1.29, 1.82) is 0 Å². The van der Waals surface area contributed by atoms with E-state index in [2.05, 4.69) is 66.8 Å². The molecule has 1 fully saturated rings. The molecule has 0 radical (unpaired) electrons. The zero-order valence-electron chi connectivity index (χ0n) is 19.8. The number of hydrogen-bond donors (Lipinski definition) is 2. The number of phenols is 1. The predicted octanol–water partition coefficient (Wildman–Crippen LogP) is 5.99. The van der Waals surface area contributed by atoms with E-state index in [0.717, 1.165) is 22.6 Å². The molecular formula is C28H28N4OS. The molecule has 1 aliphatic rings. The van der Waals surface area contributed by atoms with Gasteiger partial charge in [-0.1, -0.05) is 30.3 Å². The van der Waals surface area contributed by atoms with Crippen LogP contribution in [0.2, 0.25) is 0 Å². The minimum absolute atomic E-state index is 0.166. The number of anilines is 1. The molecule has 2 aromatic heterocycles. The molecule has 3 heterocycles. The molecule has 0 aliphatic carbocycles. The lowest BCUT2D eigenvalue weighted by molar-refractivity contribution is 0.472. The van der Waals surface area contributed by atoms with Crippen molar-refractivity contribution >= 4 is 23.0 Å². The Morgan fingerprint density at radius 2 is 1.65 bits per heavy atom. The van der Waals surface area contributed by atoms with Crippen LogP contribution in [0.4, 0.5) is 5.69 Å². The second kappa shape index (κ2) is 8.61. The molecule has 2 atom stereocenters. The van der Waals surface area contributed by atoms with E-state index in [9.17, 15) is 5.11 Å². The number of rotatable bonds is 4. The fraction of sp³-hybridized carbons (Fsp3) is 0.214. The van der Waals surface area contributed by atoms with Crippen LogP contribution in [0.25, 0.3) is 5.69 Å².